The minimum absolute atomic E-state index is 0.232. The van der Waals surface area contributed by atoms with Crippen molar-refractivity contribution in [1.29, 1.82) is 0 Å². The summed E-state index contributed by atoms with van der Waals surface area (Å²) in [6.07, 6.45) is 0. The second-order valence-electron chi connectivity index (χ2n) is 5.65. The van der Waals surface area contributed by atoms with Crippen molar-refractivity contribution in [3.05, 3.63) is 11.4 Å². The first-order chi connectivity index (χ1) is 9.20. The third-order valence-corrected chi connectivity index (χ3v) is 2.86. The monoisotopic (exact) mass is 281 g/mol. The highest BCUT2D eigenvalue weighted by molar-refractivity contribution is 5.79. The van der Waals surface area contributed by atoms with Gasteiger partial charge >= 0.3 is 5.97 Å². The molecule has 0 bridgehead atoms. The Balaban J connectivity index is 3.21. The minimum Gasteiger partial charge on any atom is -0.467 e. The molecule has 7 nitrogen and oxygen atoms in total. The third kappa shape index (κ3) is 3.57. The molecule has 0 aliphatic rings. The van der Waals surface area contributed by atoms with Crippen molar-refractivity contribution < 1.29 is 9.53 Å². The predicted octanol–water partition coefficient (Wildman–Crippen LogP) is 1.34. The average molecular weight is 281 g/mol. The molecule has 1 aromatic heterocycles. The van der Waals surface area contributed by atoms with Gasteiger partial charge in [-0.05, 0) is 13.8 Å². The zero-order chi connectivity index (χ0) is 15.5. The van der Waals surface area contributed by atoms with Gasteiger partial charge in [-0.15, -0.1) is 0 Å². The summed E-state index contributed by atoms with van der Waals surface area (Å²) in [5, 5.41) is 3.03. The Bertz CT molecular complexity index is 496. The molecular formula is C13H23N5O2. The van der Waals surface area contributed by atoms with E-state index in [9.17, 15) is 4.79 Å². The molecule has 0 amide bonds. The van der Waals surface area contributed by atoms with Crippen LogP contribution in [0.25, 0.3) is 0 Å². The van der Waals surface area contributed by atoms with Crippen LogP contribution in [0.15, 0.2) is 0 Å². The van der Waals surface area contributed by atoms with Crippen molar-refractivity contribution in [3.63, 3.8) is 0 Å². The summed E-state index contributed by atoms with van der Waals surface area (Å²) < 4.78 is 4.69. The summed E-state index contributed by atoms with van der Waals surface area (Å²) in [4.78, 5) is 20.4. The summed E-state index contributed by atoms with van der Waals surface area (Å²) in [5.74, 6) is 6.86. The number of nitrogen functional groups attached to an aromatic ring is 1. The van der Waals surface area contributed by atoms with Crippen LogP contribution in [-0.4, -0.2) is 29.1 Å². The Hall–Kier alpha value is -1.89. The van der Waals surface area contributed by atoms with Crippen LogP contribution in [0.5, 0.6) is 0 Å². The number of methoxy groups -OCH3 is 1. The highest BCUT2D eigenvalue weighted by Gasteiger charge is 2.22. The first-order valence-corrected chi connectivity index (χ1v) is 6.40. The van der Waals surface area contributed by atoms with Gasteiger partial charge in [-0.25, -0.2) is 20.6 Å². The van der Waals surface area contributed by atoms with Crippen LogP contribution in [-0.2, 0) is 14.9 Å². The number of nitrogens with two attached hydrogens (primary N) is 1. The zero-order valence-electron chi connectivity index (χ0n) is 12.9. The lowest BCUT2D eigenvalue weighted by atomic mass is 9.95. The standard InChI is InChI=1S/C13H23N5O2/c1-7-9(15-8(2)11(19)20-6)16-12(13(3,4)5)17-10(7)18-14/h8H,14H2,1-6H3,(H2,15,16,17,18). The van der Waals surface area contributed by atoms with E-state index < -0.39 is 6.04 Å². The van der Waals surface area contributed by atoms with Crippen molar-refractivity contribution in [2.75, 3.05) is 17.9 Å². The van der Waals surface area contributed by atoms with Crippen LogP contribution in [0.4, 0.5) is 11.6 Å². The summed E-state index contributed by atoms with van der Waals surface area (Å²) in [5.41, 5.74) is 3.07. The van der Waals surface area contributed by atoms with E-state index in [4.69, 9.17) is 10.6 Å². The molecule has 4 N–H and O–H groups in total. The van der Waals surface area contributed by atoms with Crippen LogP contribution in [0.3, 0.4) is 0 Å². The topological polar surface area (TPSA) is 102 Å². The maximum Gasteiger partial charge on any atom is 0.328 e. The summed E-state index contributed by atoms with van der Waals surface area (Å²) in [6.45, 7) is 9.55. The Morgan fingerprint density at radius 1 is 1.30 bits per heavy atom. The minimum atomic E-state index is -0.507. The lowest BCUT2D eigenvalue weighted by Crippen LogP contribution is -2.29. The molecule has 1 rings (SSSR count). The maximum absolute atomic E-state index is 11.5. The second kappa shape index (κ2) is 6.04. The van der Waals surface area contributed by atoms with E-state index in [0.29, 0.717) is 17.5 Å². The van der Waals surface area contributed by atoms with Crippen molar-refractivity contribution in [1.82, 2.24) is 9.97 Å². The molecule has 20 heavy (non-hydrogen) atoms. The van der Waals surface area contributed by atoms with Gasteiger partial charge in [0.25, 0.3) is 0 Å². The molecule has 0 saturated carbocycles. The Kier molecular flexibility index (Phi) is 4.88. The van der Waals surface area contributed by atoms with Crippen LogP contribution >= 0.6 is 0 Å². The van der Waals surface area contributed by atoms with E-state index in [-0.39, 0.29) is 11.4 Å². The quantitative estimate of drug-likeness (QED) is 0.435. The molecule has 0 aliphatic carbocycles. The second-order valence-corrected chi connectivity index (χ2v) is 5.65. The highest BCUT2D eigenvalue weighted by atomic mass is 16.5. The number of hydrazine groups is 1. The molecular weight excluding hydrogens is 258 g/mol. The number of nitrogens with zero attached hydrogens (tertiary/aromatic N) is 2. The molecule has 0 radical (unpaired) electrons. The van der Waals surface area contributed by atoms with Crippen LogP contribution in [0.2, 0.25) is 0 Å². The van der Waals surface area contributed by atoms with Gasteiger partial charge in [0.1, 0.15) is 23.5 Å². The molecule has 1 atom stereocenters. The molecule has 0 spiro atoms. The molecule has 112 valence electrons. The van der Waals surface area contributed by atoms with Crippen molar-refractivity contribution in [2.24, 2.45) is 5.84 Å². The fourth-order valence-electron chi connectivity index (χ4n) is 1.57. The zero-order valence-corrected chi connectivity index (χ0v) is 12.9. The number of carbonyl (C=O) groups is 1. The normalized spacial score (nSPS) is 12.8. The van der Waals surface area contributed by atoms with Gasteiger partial charge in [0.2, 0.25) is 0 Å². The molecule has 1 unspecified atom stereocenters. The number of anilines is 2. The molecule has 1 aromatic rings. The Labute approximate surface area is 119 Å². The first-order valence-electron chi connectivity index (χ1n) is 6.40. The summed E-state index contributed by atoms with van der Waals surface area (Å²) in [7, 11) is 1.35. The molecule has 0 aromatic carbocycles. The van der Waals surface area contributed by atoms with Gasteiger partial charge in [-0.1, -0.05) is 20.8 Å². The van der Waals surface area contributed by atoms with Gasteiger partial charge < -0.3 is 15.5 Å². The van der Waals surface area contributed by atoms with E-state index >= 15 is 0 Å². The van der Waals surface area contributed by atoms with Crippen molar-refractivity contribution in [2.45, 2.75) is 46.1 Å². The highest BCUT2D eigenvalue weighted by Crippen LogP contribution is 2.26. The first kappa shape index (κ1) is 16.2. The molecule has 0 aliphatic heterocycles. The van der Waals surface area contributed by atoms with Gasteiger partial charge in [0, 0.05) is 11.0 Å². The summed E-state index contributed by atoms with van der Waals surface area (Å²) in [6, 6.07) is -0.507. The SMILES string of the molecule is COC(=O)C(C)Nc1nc(C(C)(C)C)nc(NN)c1C. The van der Waals surface area contributed by atoms with Gasteiger partial charge in [0.15, 0.2) is 0 Å². The van der Waals surface area contributed by atoms with Gasteiger partial charge in [-0.2, -0.15) is 0 Å². The molecule has 7 heteroatoms. The van der Waals surface area contributed by atoms with Gasteiger partial charge in [0.05, 0.1) is 7.11 Å². The number of rotatable bonds is 4. The number of carbonyl (C=O) groups excluding carboxylic acids is 1. The molecule has 1 heterocycles. The lowest BCUT2D eigenvalue weighted by molar-refractivity contribution is -0.141. The van der Waals surface area contributed by atoms with E-state index in [0.717, 1.165) is 5.56 Å². The Morgan fingerprint density at radius 2 is 1.85 bits per heavy atom. The number of nitrogens with one attached hydrogen (secondary N) is 2. The largest absolute Gasteiger partial charge is 0.467 e. The number of esters is 1. The lowest BCUT2D eigenvalue weighted by Gasteiger charge is -2.21. The maximum atomic E-state index is 11.5. The summed E-state index contributed by atoms with van der Waals surface area (Å²) >= 11 is 0. The Morgan fingerprint density at radius 3 is 2.30 bits per heavy atom. The fraction of sp³-hybridized carbons (Fsp3) is 0.615. The smallest absolute Gasteiger partial charge is 0.328 e. The van der Waals surface area contributed by atoms with Crippen molar-refractivity contribution in [3.8, 4) is 0 Å². The molecule has 0 fully saturated rings. The number of aromatic nitrogens is 2. The number of hydrogen-bond acceptors (Lipinski definition) is 7. The average Bonchev–Trinajstić information content (AvgIpc) is 2.38. The van der Waals surface area contributed by atoms with E-state index in [1.54, 1.807) is 6.92 Å². The van der Waals surface area contributed by atoms with E-state index in [1.807, 2.05) is 27.7 Å². The van der Waals surface area contributed by atoms with E-state index in [2.05, 4.69) is 20.7 Å². The van der Waals surface area contributed by atoms with Crippen LogP contribution in [0, 0.1) is 6.92 Å². The molecule has 0 saturated heterocycles. The van der Waals surface area contributed by atoms with Crippen LogP contribution < -0.4 is 16.6 Å². The van der Waals surface area contributed by atoms with Gasteiger partial charge in [-0.3, -0.25) is 0 Å². The number of ether oxygens (including phenoxy) is 1. The third-order valence-electron chi connectivity index (χ3n) is 2.86. The fourth-order valence-corrected chi connectivity index (χ4v) is 1.57. The van der Waals surface area contributed by atoms with Crippen molar-refractivity contribution >= 4 is 17.6 Å². The van der Waals surface area contributed by atoms with Crippen LogP contribution in [0.1, 0.15) is 39.1 Å². The van der Waals surface area contributed by atoms with E-state index in [1.165, 1.54) is 7.11 Å². The number of hydrogen-bond donors (Lipinski definition) is 3. The predicted molar refractivity (Wildman–Crippen MR) is 78.4 cm³/mol.